The average molecular weight is 600 g/mol. The van der Waals surface area contributed by atoms with Crippen molar-refractivity contribution in [1.29, 1.82) is 0 Å². The molecule has 0 aromatic heterocycles. The fraction of sp³-hybridized carbons (Fsp3) is 0.560. The monoisotopic (exact) mass is 600 g/mol. The zero-order valence-corrected chi connectivity index (χ0v) is 22.2. The number of nitrogens with zero attached hydrogens (tertiary/aromatic N) is 1. The molecule has 1 aromatic rings. The van der Waals surface area contributed by atoms with Crippen molar-refractivity contribution in [2.75, 3.05) is 20.3 Å². The maximum absolute atomic E-state index is 13.0. The van der Waals surface area contributed by atoms with Crippen molar-refractivity contribution >= 4 is 40.7 Å². The van der Waals surface area contributed by atoms with Gasteiger partial charge in [-0.05, 0) is 53.6 Å². The van der Waals surface area contributed by atoms with Crippen LogP contribution in [-0.4, -0.2) is 77.8 Å². The topological polar surface area (TPSA) is 125 Å². The van der Waals surface area contributed by atoms with E-state index in [1.54, 1.807) is 30.0 Å². The predicted octanol–water partition coefficient (Wildman–Crippen LogP) is 2.21. The molecule has 2 amide bonds. The maximum atomic E-state index is 13.0. The lowest BCUT2D eigenvalue weighted by molar-refractivity contribution is -0.141. The van der Waals surface area contributed by atoms with Gasteiger partial charge in [0.2, 0.25) is 11.8 Å². The van der Waals surface area contributed by atoms with E-state index in [-0.39, 0.29) is 37.4 Å². The number of ether oxygens (including phenoxy) is 2. The Labute approximate surface area is 219 Å². The van der Waals surface area contributed by atoms with E-state index in [0.717, 1.165) is 25.7 Å². The number of benzene rings is 1. The lowest BCUT2D eigenvalue weighted by Gasteiger charge is -2.43. The summed E-state index contributed by atoms with van der Waals surface area (Å²) in [6.07, 6.45) is 4.45. The number of rotatable bonds is 10. The van der Waals surface area contributed by atoms with Gasteiger partial charge in [-0.25, -0.2) is 0 Å². The van der Waals surface area contributed by atoms with Crippen molar-refractivity contribution in [3.63, 3.8) is 0 Å². The number of aliphatic hydroxyl groups is 2. The quantitative estimate of drug-likeness (QED) is 0.278. The van der Waals surface area contributed by atoms with Crippen molar-refractivity contribution < 1.29 is 34.1 Å². The van der Waals surface area contributed by atoms with Gasteiger partial charge >= 0.3 is 0 Å². The number of carbonyl (C=O) groups is 3. The van der Waals surface area contributed by atoms with Crippen molar-refractivity contribution in [3.05, 3.63) is 32.9 Å². The molecule has 192 valence electrons. The normalized spacial score (nSPS) is 22.3. The van der Waals surface area contributed by atoms with E-state index in [9.17, 15) is 19.5 Å². The largest absolute Gasteiger partial charge is 0.493 e. The molecule has 0 heterocycles. The third-order valence-corrected chi connectivity index (χ3v) is 7.32. The standard InChI is InChI=1S/C25H33IN2O7/c1-3-22(31)28(17-6-4-5-7-17)19-12-16(25(33)27-8-9-29)13-20(23(19)32)35-24-18(26)10-15(14-30)11-21(24)34-2/h10-11,13-14,17,19-20,23,29,32H,3-9,12H2,1-2H3,(H,27,33). The van der Waals surface area contributed by atoms with Gasteiger partial charge in [-0.2, -0.15) is 0 Å². The number of aliphatic hydroxyl groups excluding tert-OH is 2. The number of methoxy groups -OCH3 is 1. The summed E-state index contributed by atoms with van der Waals surface area (Å²) in [5.74, 6) is 0.214. The van der Waals surface area contributed by atoms with Crippen molar-refractivity contribution in [1.82, 2.24) is 10.2 Å². The summed E-state index contributed by atoms with van der Waals surface area (Å²) < 4.78 is 12.2. The van der Waals surface area contributed by atoms with Crippen molar-refractivity contribution in [2.24, 2.45) is 0 Å². The van der Waals surface area contributed by atoms with E-state index in [1.807, 2.05) is 22.6 Å². The number of carbonyl (C=O) groups excluding carboxylic acids is 3. The summed E-state index contributed by atoms with van der Waals surface area (Å²) >= 11 is 2.03. The van der Waals surface area contributed by atoms with Crippen LogP contribution in [0.3, 0.4) is 0 Å². The molecule has 35 heavy (non-hydrogen) atoms. The highest BCUT2D eigenvalue weighted by Crippen LogP contribution is 2.38. The smallest absolute Gasteiger partial charge is 0.247 e. The Hall–Kier alpha value is -2.18. The van der Waals surface area contributed by atoms with Crippen molar-refractivity contribution in [2.45, 2.75) is 69.7 Å². The van der Waals surface area contributed by atoms with Crippen LogP contribution in [0.15, 0.2) is 23.8 Å². The molecule has 0 spiro atoms. The molecule has 0 aliphatic heterocycles. The van der Waals surface area contributed by atoms with Crippen LogP contribution in [0.4, 0.5) is 0 Å². The van der Waals surface area contributed by atoms with E-state index in [0.29, 0.717) is 38.9 Å². The molecule has 2 aliphatic rings. The van der Waals surface area contributed by atoms with Crippen LogP contribution >= 0.6 is 22.6 Å². The fourth-order valence-electron chi connectivity index (χ4n) is 4.83. The maximum Gasteiger partial charge on any atom is 0.247 e. The van der Waals surface area contributed by atoms with Gasteiger partial charge in [-0.3, -0.25) is 14.4 Å². The van der Waals surface area contributed by atoms with E-state index in [1.165, 1.54) is 7.11 Å². The van der Waals surface area contributed by atoms with Gasteiger partial charge < -0.3 is 29.9 Å². The molecular formula is C25H33IN2O7. The predicted molar refractivity (Wildman–Crippen MR) is 137 cm³/mol. The molecule has 3 unspecified atom stereocenters. The first kappa shape index (κ1) is 27.4. The van der Waals surface area contributed by atoms with Gasteiger partial charge in [0, 0.05) is 36.6 Å². The van der Waals surface area contributed by atoms with Crippen LogP contribution in [0, 0.1) is 3.57 Å². The molecular weight excluding hydrogens is 567 g/mol. The molecule has 9 nitrogen and oxygen atoms in total. The van der Waals surface area contributed by atoms with Gasteiger partial charge in [0.15, 0.2) is 11.5 Å². The average Bonchev–Trinajstić information content (AvgIpc) is 3.39. The molecule has 1 fully saturated rings. The Morgan fingerprint density at radius 1 is 1.29 bits per heavy atom. The highest BCUT2D eigenvalue weighted by atomic mass is 127. The summed E-state index contributed by atoms with van der Waals surface area (Å²) in [7, 11) is 1.46. The third-order valence-electron chi connectivity index (χ3n) is 6.52. The SMILES string of the molecule is CCC(=O)N(C1CCCC1)C1CC(C(=O)NCCO)=CC(Oc2c(I)cc(C=O)cc2OC)C1O. The molecule has 3 N–H and O–H groups in total. The zero-order chi connectivity index (χ0) is 25.5. The van der Waals surface area contributed by atoms with Gasteiger partial charge in [0.1, 0.15) is 18.5 Å². The third kappa shape index (κ3) is 6.34. The molecule has 2 aliphatic carbocycles. The fourth-order valence-corrected chi connectivity index (χ4v) is 5.58. The molecule has 0 bridgehead atoms. The number of halogens is 1. The van der Waals surface area contributed by atoms with Crippen LogP contribution in [0.25, 0.3) is 0 Å². The van der Waals surface area contributed by atoms with Gasteiger partial charge in [-0.15, -0.1) is 0 Å². The number of hydrogen-bond donors (Lipinski definition) is 3. The molecule has 3 rings (SSSR count). The Kier molecular flexibility index (Phi) is 9.93. The summed E-state index contributed by atoms with van der Waals surface area (Å²) in [5, 5.41) is 23.3. The molecule has 10 heteroatoms. The number of aldehydes is 1. The molecule has 1 saturated carbocycles. The van der Waals surface area contributed by atoms with Crippen LogP contribution in [0.1, 0.15) is 55.8 Å². The van der Waals surface area contributed by atoms with Gasteiger partial charge in [0.25, 0.3) is 0 Å². The molecule has 0 saturated heterocycles. The van der Waals surface area contributed by atoms with E-state index in [2.05, 4.69) is 5.32 Å². The second-order valence-electron chi connectivity index (χ2n) is 8.76. The first-order valence-electron chi connectivity index (χ1n) is 11.9. The highest BCUT2D eigenvalue weighted by molar-refractivity contribution is 14.1. The lowest BCUT2D eigenvalue weighted by atomic mass is 9.87. The Bertz CT molecular complexity index is 961. The van der Waals surface area contributed by atoms with Gasteiger partial charge in [-0.1, -0.05) is 19.8 Å². The van der Waals surface area contributed by atoms with E-state index >= 15 is 0 Å². The first-order chi connectivity index (χ1) is 16.8. The second-order valence-corrected chi connectivity index (χ2v) is 9.92. The van der Waals surface area contributed by atoms with Gasteiger partial charge in [0.05, 0.1) is 23.3 Å². The summed E-state index contributed by atoms with van der Waals surface area (Å²) in [4.78, 5) is 39.0. The highest BCUT2D eigenvalue weighted by Gasteiger charge is 2.43. The summed E-state index contributed by atoms with van der Waals surface area (Å²) in [6, 6.07) is 2.54. The molecule has 0 radical (unpaired) electrons. The Morgan fingerprint density at radius 2 is 2.00 bits per heavy atom. The van der Waals surface area contributed by atoms with E-state index in [4.69, 9.17) is 14.6 Å². The number of hydrogen-bond acceptors (Lipinski definition) is 7. The second kappa shape index (κ2) is 12.7. The Morgan fingerprint density at radius 3 is 2.60 bits per heavy atom. The van der Waals surface area contributed by atoms with Crippen LogP contribution in [0.5, 0.6) is 11.5 Å². The lowest BCUT2D eigenvalue weighted by Crippen LogP contribution is -2.57. The van der Waals surface area contributed by atoms with Crippen molar-refractivity contribution in [3.8, 4) is 11.5 Å². The van der Waals surface area contributed by atoms with Crippen LogP contribution in [0.2, 0.25) is 0 Å². The number of nitrogens with one attached hydrogen (secondary N) is 1. The minimum atomic E-state index is -1.09. The molecule has 1 aromatic carbocycles. The molecule has 3 atom stereocenters. The zero-order valence-electron chi connectivity index (χ0n) is 20.0. The van der Waals surface area contributed by atoms with E-state index < -0.39 is 18.2 Å². The minimum Gasteiger partial charge on any atom is -0.493 e. The minimum absolute atomic E-state index is 0.00384. The Balaban J connectivity index is 2.01. The summed E-state index contributed by atoms with van der Waals surface area (Å²) in [5.41, 5.74) is 0.797. The van der Waals surface area contributed by atoms with Crippen LogP contribution in [-0.2, 0) is 9.59 Å². The van der Waals surface area contributed by atoms with Crippen LogP contribution < -0.4 is 14.8 Å². The number of amides is 2. The summed E-state index contributed by atoms with van der Waals surface area (Å²) in [6.45, 7) is 1.68. The first-order valence-corrected chi connectivity index (χ1v) is 13.0.